The minimum atomic E-state index is -0.243. The number of amides is 1. The van der Waals surface area contributed by atoms with E-state index < -0.39 is 0 Å². The Morgan fingerprint density at radius 2 is 1.29 bits per heavy atom. The van der Waals surface area contributed by atoms with Crippen LogP contribution in [0.3, 0.4) is 0 Å². The van der Waals surface area contributed by atoms with Crippen molar-refractivity contribution in [2.24, 2.45) is 0 Å². The van der Waals surface area contributed by atoms with Crippen molar-refractivity contribution in [3.63, 3.8) is 0 Å². The van der Waals surface area contributed by atoms with Gasteiger partial charge in [0.15, 0.2) is 5.78 Å². The molecule has 0 aliphatic carbocycles. The maximum absolute atomic E-state index is 13.3. The lowest BCUT2D eigenvalue weighted by Crippen LogP contribution is -2.16. The van der Waals surface area contributed by atoms with Gasteiger partial charge < -0.3 is 5.32 Å². The molecule has 0 saturated carbocycles. The lowest BCUT2D eigenvalue weighted by Gasteiger charge is -2.14. The normalized spacial score (nSPS) is 10.5. The van der Waals surface area contributed by atoms with Gasteiger partial charge in [-0.15, -0.1) is 0 Å². The highest BCUT2D eigenvalue weighted by atomic mass is 16.2. The van der Waals surface area contributed by atoms with Crippen molar-refractivity contribution in [2.75, 3.05) is 5.32 Å². The molecule has 0 spiro atoms. The average molecular weight is 405 g/mol. The monoisotopic (exact) mass is 405 g/mol. The topological polar surface area (TPSA) is 46.2 Å². The number of hydrogen-bond acceptors (Lipinski definition) is 2. The number of nitrogens with one attached hydrogen (secondary N) is 1. The molecule has 3 nitrogen and oxygen atoms in total. The van der Waals surface area contributed by atoms with Gasteiger partial charge in [0, 0.05) is 16.7 Å². The van der Waals surface area contributed by atoms with Gasteiger partial charge in [-0.2, -0.15) is 0 Å². The summed E-state index contributed by atoms with van der Waals surface area (Å²) in [5.41, 5.74) is 6.11. The first-order valence-corrected chi connectivity index (χ1v) is 10.2. The molecule has 0 aliphatic rings. The first kappa shape index (κ1) is 20.3. The Labute approximate surface area is 182 Å². The molecule has 4 aromatic rings. The van der Waals surface area contributed by atoms with Gasteiger partial charge in [-0.3, -0.25) is 9.59 Å². The zero-order valence-corrected chi connectivity index (χ0v) is 17.6. The molecule has 0 fully saturated rings. The van der Waals surface area contributed by atoms with Crippen molar-refractivity contribution >= 4 is 17.4 Å². The molecular weight excluding hydrogens is 382 g/mol. The fourth-order valence-corrected chi connectivity index (χ4v) is 3.56. The predicted molar refractivity (Wildman–Crippen MR) is 126 cm³/mol. The first-order valence-electron chi connectivity index (χ1n) is 10.2. The van der Waals surface area contributed by atoms with Crippen LogP contribution in [0.4, 0.5) is 5.69 Å². The van der Waals surface area contributed by atoms with Crippen LogP contribution in [0.2, 0.25) is 0 Å². The summed E-state index contributed by atoms with van der Waals surface area (Å²) in [7, 11) is 0. The molecule has 0 bridgehead atoms. The maximum atomic E-state index is 13.3. The number of benzene rings is 4. The van der Waals surface area contributed by atoms with Gasteiger partial charge >= 0.3 is 0 Å². The van der Waals surface area contributed by atoms with Crippen LogP contribution in [-0.4, -0.2) is 11.7 Å². The van der Waals surface area contributed by atoms with Gasteiger partial charge in [0.05, 0.1) is 5.69 Å². The number of aryl methyl sites for hydroxylation is 2. The Hall–Kier alpha value is -3.98. The van der Waals surface area contributed by atoms with Crippen molar-refractivity contribution in [3.8, 4) is 11.1 Å². The van der Waals surface area contributed by atoms with E-state index in [9.17, 15) is 9.59 Å². The van der Waals surface area contributed by atoms with E-state index in [-0.39, 0.29) is 11.7 Å². The highest BCUT2D eigenvalue weighted by Crippen LogP contribution is 2.27. The summed E-state index contributed by atoms with van der Waals surface area (Å²) in [6.45, 7) is 4.00. The fourth-order valence-electron chi connectivity index (χ4n) is 3.56. The smallest absolute Gasteiger partial charge is 0.256 e. The highest BCUT2D eigenvalue weighted by Gasteiger charge is 2.18. The minimum Gasteiger partial charge on any atom is -0.321 e. The number of carbonyl (C=O) groups is 2. The molecule has 0 atom stereocenters. The van der Waals surface area contributed by atoms with Crippen molar-refractivity contribution < 1.29 is 9.59 Å². The van der Waals surface area contributed by atoms with Crippen LogP contribution in [-0.2, 0) is 0 Å². The van der Waals surface area contributed by atoms with Crippen LogP contribution >= 0.6 is 0 Å². The molecule has 4 rings (SSSR count). The van der Waals surface area contributed by atoms with E-state index in [1.807, 2.05) is 80.6 Å². The quantitative estimate of drug-likeness (QED) is 0.388. The van der Waals surface area contributed by atoms with Crippen LogP contribution < -0.4 is 5.32 Å². The molecule has 0 aromatic heterocycles. The van der Waals surface area contributed by atoms with E-state index in [0.717, 1.165) is 22.3 Å². The molecule has 31 heavy (non-hydrogen) atoms. The van der Waals surface area contributed by atoms with Crippen molar-refractivity contribution in [2.45, 2.75) is 13.8 Å². The van der Waals surface area contributed by atoms with E-state index in [1.165, 1.54) is 0 Å². The van der Waals surface area contributed by atoms with E-state index in [0.29, 0.717) is 22.4 Å². The number of carbonyl (C=O) groups excluding carboxylic acids is 2. The van der Waals surface area contributed by atoms with Gasteiger partial charge in [-0.1, -0.05) is 90.0 Å². The molecule has 4 aromatic carbocycles. The van der Waals surface area contributed by atoms with E-state index in [2.05, 4.69) is 5.32 Å². The summed E-state index contributed by atoms with van der Waals surface area (Å²) in [6.07, 6.45) is 0. The summed E-state index contributed by atoms with van der Waals surface area (Å²) in [5, 5.41) is 2.97. The van der Waals surface area contributed by atoms with Crippen LogP contribution in [0, 0.1) is 13.8 Å². The Bertz CT molecular complexity index is 1240. The Balaban J connectivity index is 1.70. The highest BCUT2D eigenvalue weighted by molar-refractivity contribution is 6.16. The molecule has 152 valence electrons. The zero-order valence-electron chi connectivity index (χ0n) is 17.6. The lowest BCUT2D eigenvalue weighted by molar-refractivity contribution is 0.102. The second-order valence-corrected chi connectivity index (χ2v) is 7.61. The third-order valence-electron chi connectivity index (χ3n) is 5.24. The largest absolute Gasteiger partial charge is 0.321 e. The molecule has 0 aliphatic heterocycles. The predicted octanol–water partition coefficient (Wildman–Crippen LogP) is 6.45. The van der Waals surface area contributed by atoms with Crippen LogP contribution in [0.1, 0.15) is 37.4 Å². The fraction of sp³-hybridized carbons (Fsp3) is 0.0714. The van der Waals surface area contributed by atoms with E-state index >= 15 is 0 Å². The van der Waals surface area contributed by atoms with Crippen LogP contribution in [0.5, 0.6) is 0 Å². The maximum Gasteiger partial charge on any atom is 0.256 e. The van der Waals surface area contributed by atoms with E-state index in [4.69, 9.17) is 0 Å². The third-order valence-corrected chi connectivity index (χ3v) is 5.24. The number of hydrogen-bond donors (Lipinski definition) is 1. The Morgan fingerprint density at radius 3 is 2.03 bits per heavy atom. The van der Waals surface area contributed by atoms with Crippen molar-refractivity contribution in [1.29, 1.82) is 0 Å². The van der Waals surface area contributed by atoms with Gasteiger partial charge in [0.2, 0.25) is 0 Å². The Morgan fingerprint density at radius 1 is 0.645 bits per heavy atom. The van der Waals surface area contributed by atoms with Gasteiger partial charge in [-0.05, 0) is 43.2 Å². The minimum absolute atomic E-state index is 0.125. The number of anilines is 1. The molecule has 0 radical (unpaired) electrons. The second-order valence-electron chi connectivity index (χ2n) is 7.61. The molecule has 3 heteroatoms. The van der Waals surface area contributed by atoms with Crippen molar-refractivity contribution in [3.05, 3.63) is 125 Å². The average Bonchev–Trinajstić information content (AvgIpc) is 2.80. The zero-order chi connectivity index (χ0) is 21.8. The summed E-state index contributed by atoms with van der Waals surface area (Å²) in [5.74, 6) is -0.368. The third kappa shape index (κ3) is 4.46. The molecule has 0 unspecified atom stereocenters. The molecule has 0 heterocycles. The standard InChI is InChI=1S/C28H23NO2/c1-19-12-15-21(16-13-19)23-17-14-20(2)18-25(23)28(31)29-26-11-7-6-10-24(26)27(30)22-8-4-3-5-9-22/h3-18H,1-2H3,(H,29,31). The second kappa shape index (κ2) is 8.80. The number of ketones is 1. The molecule has 1 amide bonds. The summed E-state index contributed by atoms with van der Waals surface area (Å²) in [6, 6.07) is 30.1. The number of para-hydroxylation sites is 1. The molecule has 0 saturated heterocycles. The van der Waals surface area contributed by atoms with Gasteiger partial charge in [0.25, 0.3) is 5.91 Å². The molecular formula is C28H23NO2. The van der Waals surface area contributed by atoms with Crippen LogP contribution in [0.15, 0.2) is 97.1 Å². The van der Waals surface area contributed by atoms with Gasteiger partial charge in [-0.25, -0.2) is 0 Å². The Kier molecular flexibility index (Phi) is 5.76. The van der Waals surface area contributed by atoms with Crippen LogP contribution in [0.25, 0.3) is 11.1 Å². The number of rotatable bonds is 5. The van der Waals surface area contributed by atoms with Gasteiger partial charge in [0.1, 0.15) is 0 Å². The van der Waals surface area contributed by atoms with Crippen molar-refractivity contribution in [1.82, 2.24) is 0 Å². The summed E-state index contributed by atoms with van der Waals surface area (Å²) < 4.78 is 0. The SMILES string of the molecule is Cc1ccc(-c2ccc(C)cc2C(=O)Nc2ccccc2C(=O)c2ccccc2)cc1. The lowest BCUT2D eigenvalue weighted by atomic mass is 9.96. The summed E-state index contributed by atoms with van der Waals surface area (Å²) >= 11 is 0. The summed E-state index contributed by atoms with van der Waals surface area (Å²) in [4.78, 5) is 26.3. The first-order chi connectivity index (χ1) is 15.0. The van der Waals surface area contributed by atoms with E-state index in [1.54, 1.807) is 30.3 Å². The molecule has 1 N–H and O–H groups in total.